The van der Waals surface area contributed by atoms with Gasteiger partial charge in [-0.1, -0.05) is 55.8 Å². The van der Waals surface area contributed by atoms with E-state index in [1.54, 1.807) is 6.07 Å². The van der Waals surface area contributed by atoms with E-state index in [1.165, 1.54) is 0 Å². The number of halogens is 1. The summed E-state index contributed by atoms with van der Waals surface area (Å²) < 4.78 is 19.0. The van der Waals surface area contributed by atoms with Crippen LogP contribution in [0.3, 0.4) is 0 Å². The highest BCUT2D eigenvalue weighted by Crippen LogP contribution is 2.31. The van der Waals surface area contributed by atoms with Crippen LogP contribution in [-0.4, -0.2) is 67.5 Å². The molecular formula is C25H29ClN6O4. The molecule has 0 bridgehead atoms. The number of aliphatic hydroxyl groups excluding tert-OH is 1. The molecule has 2 aliphatic heterocycles. The SMILES string of the molecule is CC.Cn1nc(-c2ccccc2)cc1CNc1nc2nc(O[C@@H]3CO[C@H]4[C@@H]3OC[C@H]4O)[nH]c2cc1Cl. The van der Waals surface area contributed by atoms with Gasteiger partial charge < -0.3 is 29.6 Å². The van der Waals surface area contributed by atoms with Gasteiger partial charge in [0.15, 0.2) is 11.8 Å². The van der Waals surface area contributed by atoms with Gasteiger partial charge in [0.1, 0.15) is 24.1 Å². The summed E-state index contributed by atoms with van der Waals surface area (Å²) in [6.07, 6.45) is -1.69. The quantitative estimate of drug-likeness (QED) is 0.359. The number of aryl methyl sites for hydroxylation is 1. The first kappa shape index (κ1) is 24.5. The molecule has 5 heterocycles. The van der Waals surface area contributed by atoms with Gasteiger partial charge in [0.25, 0.3) is 6.01 Å². The molecule has 0 radical (unpaired) electrons. The topological polar surface area (TPSA) is 119 Å². The number of hydrogen-bond donors (Lipinski definition) is 3. The molecule has 0 aliphatic carbocycles. The standard InChI is InChI=1S/C23H23ClN6O4.C2H6/c1-30-13(7-15(29-30)12-5-3-2-4-6-12)9-25-21-14(24)8-16-22(27-21)28-23(26-16)34-18-11-33-19-17(31)10-32-20(18)19;1-2/h2-8,17-20,31H,9-11H2,1H3,(H2,25,26,27,28);1-2H3/t17-,18-,19-,20-;/m1./s1. The van der Waals surface area contributed by atoms with Gasteiger partial charge in [-0.15, -0.1) is 0 Å². The zero-order valence-electron chi connectivity index (χ0n) is 20.3. The molecule has 11 heteroatoms. The summed E-state index contributed by atoms with van der Waals surface area (Å²) in [6.45, 7) is 5.05. The third-order valence-electron chi connectivity index (χ3n) is 6.13. The average molecular weight is 513 g/mol. The molecule has 6 rings (SSSR count). The maximum Gasteiger partial charge on any atom is 0.296 e. The molecule has 0 amide bonds. The Balaban J connectivity index is 0.00000130. The number of nitrogens with one attached hydrogen (secondary N) is 2. The van der Waals surface area contributed by atoms with Crippen molar-refractivity contribution in [3.63, 3.8) is 0 Å². The lowest BCUT2D eigenvalue weighted by atomic mass is 10.1. The van der Waals surface area contributed by atoms with Gasteiger partial charge in [-0.05, 0) is 12.1 Å². The van der Waals surface area contributed by atoms with Crippen molar-refractivity contribution in [2.75, 3.05) is 18.5 Å². The van der Waals surface area contributed by atoms with E-state index in [0.717, 1.165) is 17.0 Å². The first-order valence-corrected chi connectivity index (χ1v) is 12.4. The molecule has 2 aliphatic rings. The van der Waals surface area contributed by atoms with Crippen molar-refractivity contribution < 1.29 is 19.3 Å². The molecule has 0 spiro atoms. The van der Waals surface area contributed by atoms with Gasteiger partial charge in [0, 0.05) is 12.6 Å². The molecule has 10 nitrogen and oxygen atoms in total. The van der Waals surface area contributed by atoms with Gasteiger partial charge in [-0.3, -0.25) is 4.68 Å². The largest absolute Gasteiger partial charge is 0.456 e. The van der Waals surface area contributed by atoms with E-state index in [4.69, 9.17) is 25.8 Å². The first-order chi connectivity index (χ1) is 17.5. The molecule has 3 aromatic heterocycles. The molecule has 1 aromatic carbocycles. The van der Waals surface area contributed by atoms with Crippen molar-refractivity contribution in [3.05, 3.63) is 53.2 Å². The molecule has 36 heavy (non-hydrogen) atoms. The van der Waals surface area contributed by atoms with Gasteiger partial charge >= 0.3 is 0 Å². The number of hydrogen-bond acceptors (Lipinski definition) is 8. The summed E-state index contributed by atoms with van der Waals surface area (Å²) in [6, 6.07) is 14.1. The molecule has 4 atom stereocenters. The zero-order valence-corrected chi connectivity index (χ0v) is 21.1. The summed E-state index contributed by atoms with van der Waals surface area (Å²) in [7, 11) is 1.91. The number of imidazole rings is 1. The number of fused-ring (bicyclic) bond motifs is 2. The van der Waals surface area contributed by atoms with Gasteiger partial charge in [0.2, 0.25) is 0 Å². The molecule has 0 saturated carbocycles. The fraction of sp³-hybridized carbons (Fsp3) is 0.400. The number of rotatable bonds is 6. The number of pyridine rings is 1. The van der Waals surface area contributed by atoms with Crippen molar-refractivity contribution in [1.29, 1.82) is 0 Å². The minimum Gasteiger partial charge on any atom is -0.456 e. The number of aromatic amines is 1. The second-order valence-corrected chi connectivity index (χ2v) is 8.82. The smallest absolute Gasteiger partial charge is 0.296 e. The fourth-order valence-corrected chi connectivity index (χ4v) is 4.58. The average Bonchev–Trinajstić information content (AvgIpc) is 3.66. The maximum atomic E-state index is 9.90. The number of aromatic nitrogens is 5. The Kier molecular flexibility index (Phi) is 7.10. The van der Waals surface area contributed by atoms with Crippen molar-refractivity contribution in [2.24, 2.45) is 7.05 Å². The monoisotopic (exact) mass is 512 g/mol. The number of ether oxygens (including phenoxy) is 3. The fourth-order valence-electron chi connectivity index (χ4n) is 4.36. The molecule has 0 unspecified atom stereocenters. The molecule has 190 valence electrons. The maximum absolute atomic E-state index is 9.90. The van der Waals surface area contributed by atoms with E-state index in [0.29, 0.717) is 41.2 Å². The molecule has 2 saturated heterocycles. The number of aliphatic hydroxyl groups is 1. The van der Waals surface area contributed by atoms with Crippen LogP contribution in [-0.2, 0) is 23.1 Å². The van der Waals surface area contributed by atoms with Crippen molar-refractivity contribution >= 4 is 28.6 Å². The third kappa shape index (κ3) is 4.77. The lowest BCUT2D eigenvalue weighted by Gasteiger charge is -2.15. The lowest BCUT2D eigenvalue weighted by molar-refractivity contribution is 0.00706. The summed E-state index contributed by atoms with van der Waals surface area (Å²) in [5.41, 5.74) is 4.07. The molecule has 2 fully saturated rings. The van der Waals surface area contributed by atoms with Gasteiger partial charge in [0.05, 0.1) is 41.7 Å². The van der Waals surface area contributed by atoms with Crippen LogP contribution in [0.2, 0.25) is 5.02 Å². The minimum atomic E-state index is -0.633. The summed E-state index contributed by atoms with van der Waals surface area (Å²) >= 11 is 6.48. The highest BCUT2D eigenvalue weighted by atomic mass is 35.5. The van der Waals surface area contributed by atoms with Crippen molar-refractivity contribution in [3.8, 4) is 17.3 Å². The van der Waals surface area contributed by atoms with Crippen LogP contribution < -0.4 is 10.1 Å². The van der Waals surface area contributed by atoms with Crippen LogP contribution >= 0.6 is 11.6 Å². The van der Waals surface area contributed by atoms with Gasteiger partial charge in [-0.2, -0.15) is 10.1 Å². The molecular weight excluding hydrogens is 484 g/mol. The van der Waals surface area contributed by atoms with E-state index < -0.39 is 6.10 Å². The second-order valence-electron chi connectivity index (χ2n) is 8.42. The summed E-state index contributed by atoms with van der Waals surface area (Å²) in [5, 5.41) is 18.2. The van der Waals surface area contributed by atoms with E-state index in [2.05, 4.69) is 25.4 Å². The van der Waals surface area contributed by atoms with E-state index >= 15 is 0 Å². The summed E-state index contributed by atoms with van der Waals surface area (Å²) in [4.78, 5) is 12.1. The molecule has 4 aromatic rings. The predicted molar refractivity (Wildman–Crippen MR) is 136 cm³/mol. The lowest BCUT2D eigenvalue weighted by Crippen LogP contribution is -2.34. The Morgan fingerprint density at radius 1 is 1.14 bits per heavy atom. The molecule has 3 N–H and O–H groups in total. The highest BCUT2D eigenvalue weighted by Gasteiger charge is 2.48. The van der Waals surface area contributed by atoms with Crippen LogP contribution in [0.15, 0.2) is 42.5 Å². The zero-order chi connectivity index (χ0) is 25.2. The Labute approximate surface area is 213 Å². The third-order valence-corrected chi connectivity index (χ3v) is 6.42. The van der Waals surface area contributed by atoms with Crippen LogP contribution in [0, 0.1) is 0 Å². The predicted octanol–water partition coefficient (Wildman–Crippen LogP) is 3.56. The van der Waals surface area contributed by atoms with Gasteiger partial charge in [-0.25, -0.2) is 4.98 Å². The van der Waals surface area contributed by atoms with E-state index in [1.807, 2.05) is 62.0 Å². The van der Waals surface area contributed by atoms with Crippen LogP contribution in [0.5, 0.6) is 6.01 Å². The van der Waals surface area contributed by atoms with Crippen LogP contribution in [0.1, 0.15) is 19.5 Å². The Hall–Kier alpha value is -3.18. The highest BCUT2D eigenvalue weighted by molar-refractivity contribution is 6.33. The van der Waals surface area contributed by atoms with Crippen molar-refractivity contribution in [1.82, 2.24) is 24.7 Å². The van der Waals surface area contributed by atoms with E-state index in [-0.39, 0.29) is 24.9 Å². The van der Waals surface area contributed by atoms with Crippen LogP contribution in [0.25, 0.3) is 22.4 Å². The first-order valence-electron chi connectivity index (χ1n) is 12.0. The Morgan fingerprint density at radius 3 is 2.72 bits per heavy atom. The minimum absolute atomic E-state index is 0.241. The second kappa shape index (κ2) is 10.4. The number of anilines is 1. The number of nitrogens with zero attached hydrogens (tertiary/aromatic N) is 4. The number of H-pyrrole nitrogens is 1. The van der Waals surface area contributed by atoms with Crippen LogP contribution in [0.4, 0.5) is 5.82 Å². The Morgan fingerprint density at radius 2 is 1.92 bits per heavy atom. The Bertz CT molecular complexity index is 1330. The normalized spacial score (nSPS) is 22.8. The van der Waals surface area contributed by atoms with E-state index in [9.17, 15) is 5.11 Å². The van der Waals surface area contributed by atoms with Crippen molar-refractivity contribution in [2.45, 2.75) is 44.8 Å². The summed E-state index contributed by atoms with van der Waals surface area (Å²) in [5.74, 6) is 0.515. The number of benzene rings is 1.